The Hall–Kier alpha value is -1.26. The Labute approximate surface area is 95.8 Å². The molecule has 0 amide bonds. The van der Waals surface area contributed by atoms with Crippen LogP contribution in [0, 0.1) is 0 Å². The first-order valence-electron chi connectivity index (χ1n) is 4.99. The van der Waals surface area contributed by atoms with Gasteiger partial charge < -0.3 is 19.3 Å². The second-order valence-corrected chi connectivity index (χ2v) is 3.77. The van der Waals surface area contributed by atoms with Gasteiger partial charge in [0.05, 0.1) is 20.8 Å². The summed E-state index contributed by atoms with van der Waals surface area (Å²) in [7, 11) is 4.69. The van der Waals surface area contributed by atoms with E-state index in [1.807, 2.05) is 0 Å². The van der Waals surface area contributed by atoms with Crippen LogP contribution in [-0.2, 0) is 10.3 Å². The fourth-order valence-electron chi connectivity index (χ4n) is 1.60. The third-order valence-electron chi connectivity index (χ3n) is 2.41. The number of hydrogen-bond acceptors (Lipinski definition) is 4. The summed E-state index contributed by atoms with van der Waals surface area (Å²) in [5, 5.41) is 10.2. The molecule has 0 aromatic heterocycles. The molecule has 1 N–H and O–H groups in total. The van der Waals surface area contributed by atoms with Crippen molar-refractivity contribution in [3.8, 4) is 11.5 Å². The molecular formula is C12H18O4. The second kappa shape index (κ2) is 5.18. The fourth-order valence-corrected chi connectivity index (χ4v) is 1.60. The van der Waals surface area contributed by atoms with Gasteiger partial charge in [-0.1, -0.05) is 0 Å². The van der Waals surface area contributed by atoms with Crippen molar-refractivity contribution in [2.24, 2.45) is 0 Å². The monoisotopic (exact) mass is 226 g/mol. The lowest BCUT2D eigenvalue weighted by Crippen LogP contribution is -2.27. The summed E-state index contributed by atoms with van der Waals surface area (Å²) >= 11 is 0. The molecule has 0 aliphatic heterocycles. The normalized spacial score (nSPS) is 14.3. The summed E-state index contributed by atoms with van der Waals surface area (Å²) in [5.41, 5.74) is -0.399. The molecule has 0 aliphatic carbocycles. The van der Waals surface area contributed by atoms with E-state index in [0.29, 0.717) is 17.1 Å². The molecule has 0 fully saturated rings. The van der Waals surface area contributed by atoms with Crippen LogP contribution in [0.1, 0.15) is 12.5 Å². The second-order valence-electron chi connectivity index (χ2n) is 3.77. The Kier molecular flexibility index (Phi) is 4.15. The first-order valence-corrected chi connectivity index (χ1v) is 4.99. The van der Waals surface area contributed by atoms with Crippen LogP contribution in [0.15, 0.2) is 18.2 Å². The van der Waals surface area contributed by atoms with Crippen molar-refractivity contribution in [2.75, 3.05) is 27.9 Å². The molecule has 4 nitrogen and oxygen atoms in total. The van der Waals surface area contributed by atoms with E-state index in [-0.39, 0.29) is 6.61 Å². The highest BCUT2D eigenvalue weighted by molar-refractivity contribution is 5.43. The number of ether oxygens (including phenoxy) is 3. The zero-order valence-corrected chi connectivity index (χ0v) is 10.1. The topological polar surface area (TPSA) is 47.9 Å². The summed E-state index contributed by atoms with van der Waals surface area (Å²) in [5.74, 6) is 1.27. The molecule has 0 saturated heterocycles. The van der Waals surface area contributed by atoms with E-state index in [9.17, 15) is 5.11 Å². The average molecular weight is 226 g/mol. The largest absolute Gasteiger partial charge is 0.497 e. The number of methoxy groups -OCH3 is 3. The summed E-state index contributed by atoms with van der Waals surface area (Å²) in [6.45, 7) is 1.89. The Morgan fingerprint density at radius 1 is 1.19 bits per heavy atom. The van der Waals surface area contributed by atoms with Crippen LogP contribution in [0.25, 0.3) is 0 Å². The Balaban J connectivity index is 3.12. The van der Waals surface area contributed by atoms with E-state index in [4.69, 9.17) is 14.2 Å². The minimum absolute atomic E-state index is 0.204. The summed E-state index contributed by atoms with van der Waals surface area (Å²) in [4.78, 5) is 0. The molecular weight excluding hydrogens is 208 g/mol. The lowest BCUT2D eigenvalue weighted by Gasteiger charge is -2.25. The van der Waals surface area contributed by atoms with Crippen LogP contribution in [-0.4, -0.2) is 33.0 Å². The van der Waals surface area contributed by atoms with Gasteiger partial charge >= 0.3 is 0 Å². The van der Waals surface area contributed by atoms with Crippen LogP contribution in [0.4, 0.5) is 0 Å². The van der Waals surface area contributed by atoms with Crippen molar-refractivity contribution in [1.82, 2.24) is 0 Å². The van der Waals surface area contributed by atoms with Crippen LogP contribution < -0.4 is 9.47 Å². The smallest absolute Gasteiger partial charge is 0.128 e. The van der Waals surface area contributed by atoms with E-state index < -0.39 is 5.60 Å². The lowest BCUT2D eigenvalue weighted by molar-refractivity contribution is -0.0222. The zero-order chi connectivity index (χ0) is 12.2. The van der Waals surface area contributed by atoms with Gasteiger partial charge in [0.2, 0.25) is 0 Å². The maximum Gasteiger partial charge on any atom is 0.128 e. The standard InChI is InChI=1S/C12H18O4/c1-12(13,8-14-2)10-6-5-9(15-3)7-11(10)16-4/h5-7,13H,8H2,1-4H3. The minimum atomic E-state index is -1.08. The molecule has 90 valence electrons. The Morgan fingerprint density at radius 3 is 2.38 bits per heavy atom. The van der Waals surface area contributed by atoms with E-state index in [1.54, 1.807) is 46.5 Å². The quantitative estimate of drug-likeness (QED) is 0.827. The first kappa shape index (κ1) is 12.8. The molecule has 16 heavy (non-hydrogen) atoms. The Morgan fingerprint density at radius 2 is 1.88 bits per heavy atom. The molecule has 1 rings (SSSR count). The summed E-state index contributed by atoms with van der Waals surface area (Å²) < 4.78 is 15.3. The van der Waals surface area contributed by atoms with Crippen molar-refractivity contribution in [1.29, 1.82) is 0 Å². The van der Waals surface area contributed by atoms with Crippen LogP contribution in [0.5, 0.6) is 11.5 Å². The predicted molar refractivity (Wildman–Crippen MR) is 61.0 cm³/mol. The number of aliphatic hydroxyl groups is 1. The summed E-state index contributed by atoms with van der Waals surface area (Å²) in [6.07, 6.45) is 0. The Bertz CT molecular complexity index is 347. The van der Waals surface area contributed by atoms with Crippen molar-refractivity contribution in [3.63, 3.8) is 0 Å². The summed E-state index contributed by atoms with van der Waals surface area (Å²) in [6, 6.07) is 5.29. The highest BCUT2D eigenvalue weighted by Gasteiger charge is 2.27. The predicted octanol–water partition coefficient (Wildman–Crippen LogP) is 1.56. The van der Waals surface area contributed by atoms with Gasteiger partial charge in [0.25, 0.3) is 0 Å². The van der Waals surface area contributed by atoms with E-state index in [0.717, 1.165) is 0 Å². The number of benzene rings is 1. The molecule has 0 heterocycles. The molecule has 1 aromatic carbocycles. The molecule has 1 atom stereocenters. The molecule has 1 unspecified atom stereocenters. The lowest BCUT2D eigenvalue weighted by atomic mass is 9.96. The van der Waals surface area contributed by atoms with Gasteiger partial charge in [-0.2, -0.15) is 0 Å². The molecule has 0 radical (unpaired) electrons. The van der Waals surface area contributed by atoms with Crippen LogP contribution in [0.2, 0.25) is 0 Å². The highest BCUT2D eigenvalue weighted by Crippen LogP contribution is 2.33. The van der Waals surface area contributed by atoms with Gasteiger partial charge in [-0.25, -0.2) is 0 Å². The molecule has 1 aromatic rings. The average Bonchev–Trinajstić information content (AvgIpc) is 2.28. The van der Waals surface area contributed by atoms with Crippen LogP contribution in [0.3, 0.4) is 0 Å². The van der Waals surface area contributed by atoms with Gasteiger partial charge in [0.15, 0.2) is 0 Å². The zero-order valence-electron chi connectivity index (χ0n) is 10.1. The number of hydrogen-bond donors (Lipinski definition) is 1. The maximum atomic E-state index is 10.2. The van der Waals surface area contributed by atoms with E-state index in [2.05, 4.69) is 0 Å². The maximum absolute atomic E-state index is 10.2. The molecule has 0 saturated carbocycles. The fraction of sp³-hybridized carbons (Fsp3) is 0.500. The highest BCUT2D eigenvalue weighted by atomic mass is 16.5. The minimum Gasteiger partial charge on any atom is -0.497 e. The van der Waals surface area contributed by atoms with Gasteiger partial charge in [-0.15, -0.1) is 0 Å². The van der Waals surface area contributed by atoms with Crippen molar-refractivity contribution in [2.45, 2.75) is 12.5 Å². The van der Waals surface area contributed by atoms with Gasteiger partial charge in [-0.3, -0.25) is 0 Å². The van der Waals surface area contributed by atoms with Crippen LogP contribution >= 0.6 is 0 Å². The van der Waals surface area contributed by atoms with E-state index >= 15 is 0 Å². The van der Waals surface area contributed by atoms with Crippen molar-refractivity contribution >= 4 is 0 Å². The molecule has 4 heteroatoms. The third-order valence-corrected chi connectivity index (χ3v) is 2.41. The third kappa shape index (κ3) is 2.65. The van der Waals surface area contributed by atoms with Gasteiger partial charge in [0.1, 0.15) is 17.1 Å². The van der Waals surface area contributed by atoms with Crippen molar-refractivity contribution < 1.29 is 19.3 Å². The molecule has 0 aliphatic rings. The van der Waals surface area contributed by atoms with Crippen molar-refractivity contribution in [3.05, 3.63) is 23.8 Å². The molecule has 0 spiro atoms. The number of rotatable bonds is 5. The van der Waals surface area contributed by atoms with E-state index in [1.165, 1.54) is 0 Å². The first-order chi connectivity index (χ1) is 7.55. The SMILES string of the molecule is COCC(C)(O)c1ccc(OC)cc1OC. The van der Waals surface area contributed by atoms with Gasteiger partial charge in [0, 0.05) is 18.7 Å². The van der Waals surface area contributed by atoms with Gasteiger partial charge in [-0.05, 0) is 19.1 Å². The molecule has 0 bridgehead atoms.